The summed E-state index contributed by atoms with van der Waals surface area (Å²) in [7, 11) is 3.76. The van der Waals surface area contributed by atoms with Crippen molar-refractivity contribution in [1.82, 2.24) is 15.4 Å². The van der Waals surface area contributed by atoms with E-state index in [4.69, 9.17) is 27.7 Å². The van der Waals surface area contributed by atoms with Crippen LogP contribution in [0.4, 0.5) is 0 Å². The first kappa shape index (κ1) is 19.6. The zero-order valence-corrected chi connectivity index (χ0v) is 16.7. The smallest absolute Gasteiger partial charge is 0.193 e. The summed E-state index contributed by atoms with van der Waals surface area (Å²) in [5.41, 5.74) is 3.15. The molecule has 1 unspecified atom stereocenters. The molecule has 1 atom stereocenters. The van der Waals surface area contributed by atoms with Gasteiger partial charge in [-0.15, -0.1) is 0 Å². The van der Waals surface area contributed by atoms with Crippen LogP contribution in [0.5, 0.6) is 0 Å². The lowest BCUT2D eigenvalue weighted by atomic mass is 10.00. The normalized spacial score (nSPS) is 13.0. The fraction of sp³-hybridized carbons (Fsp3) is 0.444. The maximum atomic E-state index is 6.09. The summed E-state index contributed by atoms with van der Waals surface area (Å²) in [6.45, 7) is 7.47. The van der Waals surface area contributed by atoms with Gasteiger partial charge in [0, 0.05) is 38.7 Å². The van der Waals surface area contributed by atoms with Crippen LogP contribution in [-0.2, 0) is 6.54 Å². The van der Waals surface area contributed by atoms with Crippen LogP contribution in [-0.4, -0.2) is 36.7 Å². The Bertz CT molecular complexity index is 738. The third-order valence-corrected chi connectivity index (χ3v) is 4.86. The SMILES string of the molecule is CN=C(NCC(C)c1c(C)noc1C)N(C)Cc1ccc(Cl)c(Cl)c1. The van der Waals surface area contributed by atoms with Gasteiger partial charge in [-0.05, 0) is 31.5 Å². The summed E-state index contributed by atoms with van der Waals surface area (Å²) >= 11 is 12.1. The van der Waals surface area contributed by atoms with Crippen molar-refractivity contribution in [1.29, 1.82) is 0 Å². The van der Waals surface area contributed by atoms with Gasteiger partial charge in [-0.3, -0.25) is 4.99 Å². The van der Waals surface area contributed by atoms with E-state index in [1.54, 1.807) is 7.05 Å². The van der Waals surface area contributed by atoms with Gasteiger partial charge in [0.25, 0.3) is 0 Å². The predicted octanol–water partition coefficient (Wildman–Crippen LogP) is 4.41. The van der Waals surface area contributed by atoms with Gasteiger partial charge in [0.2, 0.25) is 0 Å². The van der Waals surface area contributed by atoms with Crippen LogP contribution >= 0.6 is 23.2 Å². The zero-order chi connectivity index (χ0) is 18.6. The molecule has 0 radical (unpaired) electrons. The van der Waals surface area contributed by atoms with Crippen molar-refractivity contribution in [2.45, 2.75) is 33.2 Å². The molecule has 5 nitrogen and oxygen atoms in total. The summed E-state index contributed by atoms with van der Waals surface area (Å²) in [6.07, 6.45) is 0. The van der Waals surface area contributed by atoms with Crippen LogP contribution in [0.15, 0.2) is 27.7 Å². The number of nitrogens with one attached hydrogen (secondary N) is 1. The molecular formula is C18H24Cl2N4O. The van der Waals surface area contributed by atoms with Gasteiger partial charge in [-0.25, -0.2) is 0 Å². The molecule has 0 aliphatic rings. The van der Waals surface area contributed by atoms with Gasteiger partial charge in [-0.2, -0.15) is 0 Å². The van der Waals surface area contributed by atoms with E-state index in [9.17, 15) is 0 Å². The van der Waals surface area contributed by atoms with Gasteiger partial charge < -0.3 is 14.7 Å². The Morgan fingerprint density at radius 1 is 1.32 bits per heavy atom. The Morgan fingerprint density at radius 3 is 2.60 bits per heavy atom. The number of benzene rings is 1. The van der Waals surface area contributed by atoms with E-state index in [1.165, 1.54) is 0 Å². The highest BCUT2D eigenvalue weighted by Gasteiger charge is 2.17. The minimum atomic E-state index is 0.265. The fourth-order valence-electron chi connectivity index (χ4n) is 2.91. The lowest BCUT2D eigenvalue weighted by Crippen LogP contribution is -2.40. The Kier molecular flexibility index (Phi) is 6.73. The summed E-state index contributed by atoms with van der Waals surface area (Å²) in [5, 5.41) is 8.55. The molecule has 1 N–H and O–H groups in total. The molecule has 1 aromatic heterocycles. The average molecular weight is 383 g/mol. The largest absolute Gasteiger partial charge is 0.361 e. The van der Waals surface area contributed by atoms with E-state index in [0.29, 0.717) is 16.6 Å². The highest BCUT2D eigenvalue weighted by molar-refractivity contribution is 6.42. The number of aryl methyl sites for hydroxylation is 2. The van der Waals surface area contributed by atoms with E-state index in [-0.39, 0.29) is 5.92 Å². The average Bonchev–Trinajstić information content (AvgIpc) is 2.90. The Hall–Kier alpha value is -1.72. The first-order chi connectivity index (χ1) is 11.8. The maximum Gasteiger partial charge on any atom is 0.193 e. The van der Waals surface area contributed by atoms with Crippen molar-refractivity contribution < 1.29 is 4.52 Å². The van der Waals surface area contributed by atoms with Crippen molar-refractivity contribution in [3.63, 3.8) is 0 Å². The second-order valence-corrected chi connectivity index (χ2v) is 6.99. The second-order valence-electron chi connectivity index (χ2n) is 6.17. The van der Waals surface area contributed by atoms with Crippen LogP contribution in [0.1, 0.15) is 35.4 Å². The van der Waals surface area contributed by atoms with E-state index >= 15 is 0 Å². The zero-order valence-electron chi connectivity index (χ0n) is 15.2. The van der Waals surface area contributed by atoms with Crippen LogP contribution < -0.4 is 5.32 Å². The quantitative estimate of drug-likeness (QED) is 0.614. The first-order valence-electron chi connectivity index (χ1n) is 8.12. The summed E-state index contributed by atoms with van der Waals surface area (Å²) < 4.78 is 5.26. The molecule has 2 aromatic rings. The van der Waals surface area contributed by atoms with E-state index in [0.717, 1.165) is 35.1 Å². The number of rotatable bonds is 5. The van der Waals surface area contributed by atoms with Crippen LogP contribution in [0, 0.1) is 13.8 Å². The van der Waals surface area contributed by atoms with Crippen molar-refractivity contribution in [2.75, 3.05) is 20.6 Å². The molecule has 0 aliphatic carbocycles. The second kappa shape index (κ2) is 8.59. The molecule has 0 fully saturated rings. The lowest BCUT2D eigenvalue weighted by molar-refractivity contribution is 0.391. The van der Waals surface area contributed by atoms with Crippen molar-refractivity contribution in [2.24, 2.45) is 4.99 Å². The van der Waals surface area contributed by atoms with Crippen molar-refractivity contribution in [3.05, 3.63) is 50.8 Å². The van der Waals surface area contributed by atoms with E-state index < -0.39 is 0 Å². The summed E-state index contributed by atoms with van der Waals surface area (Å²) in [5.74, 6) is 1.94. The number of hydrogen-bond acceptors (Lipinski definition) is 3. The molecule has 136 valence electrons. The van der Waals surface area contributed by atoms with Crippen LogP contribution in [0.2, 0.25) is 10.0 Å². The maximum absolute atomic E-state index is 6.09. The molecule has 0 saturated heterocycles. The van der Waals surface area contributed by atoms with Gasteiger partial charge in [-0.1, -0.05) is 41.3 Å². The number of hydrogen-bond donors (Lipinski definition) is 1. The first-order valence-corrected chi connectivity index (χ1v) is 8.87. The fourth-order valence-corrected chi connectivity index (χ4v) is 3.23. The van der Waals surface area contributed by atoms with Gasteiger partial charge in [0.05, 0.1) is 15.7 Å². The third-order valence-electron chi connectivity index (χ3n) is 4.12. The van der Waals surface area contributed by atoms with Crippen LogP contribution in [0.25, 0.3) is 0 Å². The molecule has 0 spiro atoms. The van der Waals surface area contributed by atoms with Crippen molar-refractivity contribution >= 4 is 29.2 Å². The minimum Gasteiger partial charge on any atom is -0.361 e. The topological polar surface area (TPSA) is 53.7 Å². The Morgan fingerprint density at radius 2 is 2.04 bits per heavy atom. The molecule has 7 heteroatoms. The monoisotopic (exact) mass is 382 g/mol. The van der Waals surface area contributed by atoms with Gasteiger partial charge >= 0.3 is 0 Å². The molecular weight excluding hydrogens is 359 g/mol. The summed E-state index contributed by atoms with van der Waals surface area (Å²) in [6, 6.07) is 5.65. The minimum absolute atomic E-state index is 0.265. The number of nitrogens with zero attached hydrogens (tertiary/aromatic N) is 3. The third kappa shape index (κ3) is 4.89. The Labute approximate surface area is 159 Å². The molecule has 0 bridgehead atoms. The predicted molar refractivity (Wildman–Crippen MR) is 104 cm³/mol. The molecule has 0 amide bonds. The molecule has 1 heterocycles. The molecule has 1 aromatic carbocycles. The standard InChI is InChI=1S/C18H24Cl2N4O/c1-11(17-12(2)23-25-13(17)3)9-22-18(21-4)24(5)10-14-6-7-15(19)16(20)8-14/h6-8,11H,9-10H2,1-5H3,(H,21,22). The summed E-state index contributed by atoms with van der Waals surface area (Å²) in [4.78, 5) is 6.40. The van der Waals surface area contributed by atoms with Gasteiger partial charge in [0.15, 0.2) is 5.96 Å². The highest BCUT2D eigenvalue weighted by atomic mass is 35.5. The molecule has 2 rings (SSSR count). The van der Waals surface area contributed by atoms with E-state index in [1.807, 2.05) is 44.0 Å². The number of guanidine groups is 1. The molecule has 25 heavy (non-hydrogen) atoms. The highest BCUT2D eigenvalue weighted by Crippen LogP contribution is 2.24. The van der Waals surface area contributed by atoms with Gasteiger partial charge in [0.1, 0.15) is 5.76 Å². The Balaban J connectivity index is 1.98. The number of aliphatic imine (C=N–C) groups is 1. The number of aromatic nitrogens is 1. The van der Waals surface area contributed by atoms with Crippen molar-refractivity contribution in [3.8, 4) is 0 Å². The van der Waals surface area contributed by atoms with Crippen LogP contribution in [0.3, 0.4) is 0 Å². The van der Waals surface area contributed by atoms with E-state index in [2.05, 4.69) is 22.4 Å². The molecule has 0 aliphatic heterocycles. The lowest BCUT2D eigenvalue weighted by Gasteiger charge is -2.24. The molecule has 0 saturated carbocycles. The number of halogens is 2.